The minimum absolute atomic E-state index is 0.0202. The molecule has 1 aromatic heterocycles. The Hall–Kier alpha value is -3.65. The first kappa shape index (κ1) is 19.7. The van der Waals surface area contributed by atoms with Gasteiger partial charge in [-0.1, -0.05) is 29.3 Å². The molecule has 9 heteroatoms. The van der Waals surface area contributed by atoms with Gasteiger partial charge in [0.25, 0.3) is 11.5 Å². The molecule has 1 fully saturated rings. The van der Waals surface area contributed by atoms with Crippen molar-refractivity contribution in [2.24, 2.45) is 0 Å². The molecule has 3 aromatic rings. The Morgan fingerprint density at radius 1 is 1.13 bits per heavy atom. The van der Waals surface area contributed by atoms with Gasteiger partial charge in [0, 0.05) is 10.4 Å². The molecule has 0 aliphatic carbocycles. The van der Waals surface area contributed by atoms with Crippen LogP contribution < -0.4 is 10.5 Å². The van der Waals surface area contributed by atoms with Crippen molar-refractivity contribution in [2.45, 2.75) is 13.5 Å². The number of halogens is 1. The highest BCUT2D eigenvalue weighted by Gasteiger charge is 2.37. The number of hydrogen-bond acceptors (Lipinski definition) is 4. The number of fused-ring (bicyclic) bond motifs is 1. The number of imide groups is 1. The zero-order valence-electron chi connectivity index (χ0n) is 15.8. The van der Waals surface area contributed by atoms with Gasteiger partial charge in [-0.05, 0) is 42.8 Å². The van der Waals surface area contributed by atoms with E-state index >= 15 is 0 Å². The number of H-pyrrole nitrogens is 1. The molecule has 0 spiro atoms. The topological polar surface area (TPSA) is 111 Å². The van der Waals surface area contributed by atoms with Crippen LogP contribution in [0.4, 0.5) is 10.5 Å². The summed E-state index contributed by atoms with van der Waals surface area (Å²) in [6.07, 6.45) is 0. The maximum absolute atomic E-state index is 12.9. The van der Waals surface area contributed by atoms with E-state index in [0.717, 1.165) is 10.5 Å². The number of urea groups is 1. The molecule has 4 rings (SSSR count). The number of anilines is 1. The Bertz CT molecular complexity index is 1270. The fourth-order valence-electron chi connectivity index (χ4n) is 3.47. The third-order valence-corrected chi connectivity index (χ3v) is 5.14. The third kappa shape index (κ3) is 3.42. The lowest BCUT2D eigenvalue weighted by atomic mass is 10.1. The normalized spacial score (nSPS) is 14.1. The van der Waals surface area contributed by atoms with Crippen LogP contribution in [0.2, 0.25) is 5.02 Å². The van der Waals surface area contributed by atoms with Gasteiger partial charge in [-0.3, -0.25) is 9.59 Å². The molecule has 152 valence electrons. The predicted octanol–water partition coefficient (Wildman–Crippen LogP) is 3.16. The van der Waals surface area contributed by atoms with Crippen molar-refractivity contribution < 1.29 is 19.5 Å². The quantitative estimate of drug-likeness (QED) is 0.624. The molecular formula is C21H16ClN3O5. The molecule has 0 saturated carbocycles. The summed E-state index contributed by atoms with van der Waals surface area (Å²) in [4.78, 5) is 53.7. The van der Waals surface area contributed by atoms with Crippen LogP contribution in [0.1, 0.15) is 21.5 Å². The number of rotatable bonds is 4. The first-order chi connectivity index (χ1) is 14.2. The van der Waals surface area contributed by atoms with Crippen molar-refractivity contribution in [3.8, 4) is 0 Å². The number of pyridine rings is 1. The van der Waals surface area contributed by atoms with Gasteiger partial charge in [0.1, 0.15) is 12.1 Å². The highest BCUT2D eigenvalue weighted by Crippen LogP contribution is 2.27. The van der Waals surface area contributed by atoms with Crippen LogP contribution in [-0.2, 0) is 11.3 Å². The summed E-state index contributed by atoms with van der Waals surface area (Å²) in [5, 5.41) is 9.90. The van der Waals surface area contributed by atoms with Gasteiger partial charge in [-0.2, -0.15) is 0 Å². The van der Waals surface area contributed by atoms with Gasteiger partial charge < -0.3 is 15.0 Å². The van der Waals surface area contributed by atoms with E-state index in [4.69, 9.17) is 16.7 Å². The smallest absolute Gasteiger partial charge is 0.341 e. The van der Waals surface area contributed by atoms with Gasteiger partial charge in [0.2, 0.25) is 0 Å². The van der Waals surface area contributed by atoms with E-state index in [9.17, 15) is 19.2 Å². The summed E-state index contributed by atoms with van der Waals surface area (Å²) in [6.45, 7) is 1.80. The number of nitrogens with one attached hydrogen (secondary N) is 1. The van der Waals surface area contributed by atoms with Gasteiger partial charge in [-0.25, -0.2) is 14.5 Å². The number of benzene rings is 2. The summed E-state index contributed by atoms with van der Waals surface area (Å²) in [5.74, 6) is -1.72. The van der Waals surface area contributed by atoms with Crippen LogP contribution in [0.25, 0.3) is 10.9 Å². The van der Waals surface area contributed by atoms with Crippen LogP contribution in [0.3, 0.4) is 0 Å². The van der Waals surface area contributed by atoms with Crippen molar-refractivity contribution in [2.75, 3.05) is 11.4 Å². The molecule has 1 saturated heterocycles. The number of aromatic carboxylic acids is 1. The average molecular weight is 426 g/mol. The molecule has 0 radical (unpaired) electrons. The maximum Gasteiger partial charge on any atom is 0.341 e. The lowest BCUT2D eigenvalue weighted by molar-refractivity contribution is -0.116. The highest BCUT2D eigenvalue weighted by molar-refractivity contribution is 6.31. The Kier molecular flexibility index (Phi) is 4.79. The van der Waals surface area contributed by atoms with Crippen molar-refractivity contribution in [1.82, 2.24) is 9.88 Å². The van der Waals surface area contributed by atoms with Gasteiger partial charge in [0.15, 0.2) is 0 Å². The number of amides is 3. The lowest BCUT2D eigenvalue weighted by Gasteiger charge is -2.18. The van der Waals surface area contributed by atoms with Crippen molar-refractivity contribution in [1.29, 1.82) is 0 Å². The first-order valence-electron chi connectivity index (χ1n) is 9.02. The SMILES string of the molecule is Cc1ccc(N2C(=O)CN(Cc3cc(Cl)cc4cc(C(=O)O)c(=O)[nH]c34)C2=O)cc1. The third-order valence-electron chi connectivity index (χ3n) is 4.92. The number of aryl methyl sites for hydroxylation is 1. The van der Waals surface area contributed by atoms with Crippen LogP contribution in [-0.4, -0.2) is 39.4 Å². The molecule has 2 heterocycles. The molecule has 1 aliphatic rings. The number of carbonyl (C=O) groups is 3. The van der Waals surface area contributed by atoms with Gasteiger partial charge in [-0.15, -0.1) is 0 Å². The number of nitrogens with zero attached hydrogens (tertiary/aromatic N) is 2. The van der Waals surface area contributed by atoms with Gasteiger partial charge >= 0.3 is 12.0 Å². The minimum Gasteiger partial charge on any atom is -0.477 e. The summed E-state index contributed by atoms with van der Waals surface area (Å²) in [6, 6.07) is 10.9. The summed E-state index contributed by atoms with van der Waals surface area (Å²) >= 11 is 6.17. The van der Waals surface area contributed by atoms with Crippen LogP contribution in [0, 0.1) is 6.92 Å². The summed E-state index contributed by atoms with van der Waals surface area (Å²) in [7, 11) is 0. The van der Waals surface area contributed by atoms with Gasteiger partial charge in [0.05, 0.1) is 17.7 Å². The molecule has 3 amide bonds. The molecule has 30 heavy (non-hydrogen) atoms. The molecule has 0 atom stereocenters. The highest BCUT2D eigenvalue weighted by atomic mass is 35.5. The number of hydrogen-bond donors (Lipinski definition) is 2. The Labute approximate surface area is 175 Å². The Morgan fingerprint density at radius 3 is 2.50 bits per heavy atom. The van der Waals surface area contributed by atoms with E-state index in [1.807, 2.05) is 19.1 Å². The summed E-state index contributed by atoms with van der Waals surface area (Å²) < 4.78 is 0. The van der Waals surface area contributed by atoms with Crippen LogP contribution >= 0.6 is 11.6 Å². The van der Waals surface area contributed by atoms with E-state index in [0.29, 0.717) is 27.2 Å². The zero-order valence-corrected chi connectivity index (χ0v) is 16.6. The molecule has 2 N–H and O–H groups in total. The average Bonchev–Trinajstić information content (AvgIpc) is 2.96. The largest absolute Gasteiger partial charge is 0.477 e. The zero-order chi connectivity index (χ0) is 21.6. The van der Waals surface area contributed by atoms with E-state index < -0.39 is 23.1 Å². The number of aromatic amines is 1. The van der Waals surface area contributed by atoms with Crippen LogP contribution in [0.5, 0.6) is 0 Å². The molecular weight excluding hydrogens is 410 g/mol. The standard InChI is InChI=1S/C21H16ClN3O5/c1-11-2-4-15(5-3-11)25-17(26)10-24(21(25)30)9-13-7-14(22)6-12-8-16(20(28)29)19(27)23-18(12)13/h2-8H,9-10H2,1H3,(H,23,27)(H,28,29). The van der Waals surface area contributed by atoms with E-state index in [1.165, 1.54) is 17.0 Å². The fraction of sp³-hybridized carbons (Fsp3) is 0.143. The molecule has 0 unspecified atom stereocenters. The summed E-state index contributed by atoms with van der Waals surface area (Å²) in [5.41, 5.74) is 1.18. The molecule has 2 aromatic carbocycles. The second kappa shape index (κ2) is 7.31. The maximum atomic E-state index is 12.9. The number of carboxylic acids is 1. The Morgan fingerprint density at radius 2 is 1.83 bits per heavy atom. The molecule has 1 aliphatic heterocycles. The van der Waals surface area contributed by atoms with Crippen molar-refractivity contribution >= 4 is 46.1 Å². The van der Waals surface area contributed by atoms with Crippen molar-refractivity contribution in [3.05, 3.63) is 74.5 Å². The minimum atomic E-state index is -1.35. The second-order valence-electron chi connectivity index (χ2n) is 7.05. The number of carboxylic acid groups (broad SMARTS) is 1. The molecule has 0 bridgehead atoms. The molecule has 8 nitrogen and oxygen atoms in total. The van der Waals surface area contributed by atoms with E-state index in [2.05, 4.69) is 4.98 Å². The first-order valence-corrected chi connectivity index (χ1v) is 9.39. The monoisotopic (exact) mass is 425 g/mol. The predicted molar refractivity (Wildman–Crippen MR) is 111 cm³/mol. The van der Waals surface area contributed by atoms with Crippen molar-refractivity contribution in [3.63, 3.8) is 0 Å². The second-order valence-corrected chi connectivity index (χ2v) is 7.49. The number of carbonyl (C=O) groups excluding carboxylic acids is 2. The van der Waals surface area contributed by atoms with E-state index in [-0.39, 0.29) is 19.0 Å². The van der Waals surface area contributed by atoms with Crippen LogP contribution in [0.15, 0.2) is 47.3 Å². The Balaban J connectivity index is 1.70. The lowest BCUT2D eigenvalue weighted by Crippen LogP contribution is -2.32. The fourth-order valence-corrected chi connectivity index (χ4v) is 3.71. The van der Waals surface area contributed by atoms with E-state index in [1.54, 1.807) is 18.2 Å². The number of aromatic nitrogens is 1.